The Hall–Kier alpha value is -1.35. The zero-order chi connectivity index (χ0) is 12.1. The number of para-hydroxylation sites is 1. The minimum Gasteiger partial charge on any atom is -0.378 e. The summed E-state index contributed by atoms with van der Waals surface area (Å²) in [5.41, 5.74) is 2.00. The van der Waals surface area contributed by atoms with Crippen molar-refractivity contribution in [3.63, 3.8) is 0 Å². The molecule has 92 valence electrons. The van der Waals surface area contributed by atoms with Gasteiger partial charge >= 0.3 is 0 Å². The third kappa shape index (κ3) is 3.56. The van der Waals surface area contributed by atoms with E-state index in [4.69, 9.17) is 4.74 Å². The summed E-state index contributed by atoms with van der Waals surface area (Å²) in [6, 6.07) is 7.83. The zero-order valence-electron chi connectivity index (χ0n) is 10.2. The molecule has 1 aromatic carbocycles. The smallest absolute Gasteiger partial charge is 0.224 e. The van der Waals surface area contributed by atoms with Gasteiger partial charge in [-0.05, 0) is 37.8 Å². The maximum absolute atomic E-state index is 11.8. The molecule has 1 saturated heterocycles. The third-order valence-corrected chi connectivity index (χ3v) is 3.14. The molecule has 0 spiro atoms. The van der Waals surface area contributed by atoms with E-state index in [0.717, 1.165) is 37.1 Å². The van der Waals surface area contributed by atoms with Gasteiger partial charge in [0, 0.05) is 18.7 Å². The Kier molecular flexibility index (Phi) is 4.15. The molecule has 0 unspecified atom stereocenters. The third-order valence-electron chi connectivity index (χ3n) is 3.14. The van der Waals surface area contributed by atoms with Crippen molar-refractivity contribution in [3.8, 4) is 0 Å². The van der Waals surface area contributed by atoms with Crippen molar-refractivity contribution in [2.24, 2.45) is 0 Å². The predicted molar refractivity (Wildman–Crippen MR) is 68.0 cm³/mol. The standard InChI is InChI=1S/C14H19NO2/c1-11-5-2-3-7-13(11)15-14(16)9-8-12-6-4-10-17-12/h2-3,5,7,12H,4,6,8-10H2,1H3,(H,15,16)/t12-/m0/s1. The van der Waals surface area contributed by atoms with Crippen LogP contribution in [0.15, 0.2) is 24.3 Å². The summed E-state index contributed by atoms with van der Waals surface area (Å²) in [4.78, 5) is 11.8. The van der Waals surface area contributed by atoms with E-state index in [1.54, 1.807) is 0 Å². The summed E-state index contributed by atoms with van der Waals surface area (Å²) in [5.74, 6) is 0.0785. The van der Waals surface area contributed by atoms with E-state index in [-0.39, 0.29) is 12.0 Å². The number of carbonyl (C=O) groups excluding carboxylic acids is 1. The van der Waals surface area contributed by atoms with E-state index in [9.17, 15) is 4.79 Å². The molecule has 1 aromatic rings. The molecule has 1 N–H and O–H groups in total. The fraction of sp³-hybridized carbons (Fsp3) is 0.500. The van der Waals surface area contributed by atoms with E-state index in [2.05, 4.69) is 5.32 Å². The maximum Gasteiger partial charge on any atom is 0.224 e. The van der Waals surface area contributed by atoms with Crippen LogP contribution in [0.2, 0.25) is 0 Å². The zero-order valence-corrected chi connectivity index (χ0v) is 10.2. The van der Waals surface area contributed by atoms with Gasteiger partial charge in [0.1, 0.15) is 0 Å². The van der Waals surface area contributed by atoms with E-state index >= 15 is 0 Å². The highest BCUT2D eigenvalue weighted by molar-refractivity contribution is 5.91. The number of hydrogen-bond donors (Lipinski definition) is 1. The molecule has 1 heterocycles. The first kappa shape index (κ1) is 12.1. The van der Waals surface area contributed by atoms with Crippen LogP contribution in [0.25, 0.3) is 0 Å². The van der Waals surface area contributed by atoms with Gasteiger partial charge in [-0.3, -0.25) is 4.79 Å². The van der Waals surface area contributed by atoms with E-state index < -0.39 is 0 Å². The SMILES string of the molecule is Cc1ccccc1NC(=O)CC[C@@H]1CCCO1. The van der Waals surface area contributed by atoms with E-state index in [1.807, 2.05) is 31.2 Å². The molecule has 1 atom stereocenters. The second kappa shape index (κ2) is 5.82. The monoisotopic (exact) mass is 233 g/mol. The number of anilines is 1. The lowest BCUT2D eigenvalue weighted by Crippen LogP contribution is -2.15. The van der Waals surface area contributed by atoms with Gasteiger partial charge in [-0.25, -0.2) is 0 Å². The lowest BCUT2D eigenvalue weighted by atomic mass is 10.1. The van der Waals surface area contributed by atoms with Crippen molar-refractivity contribution >= 4 is 11.6 Å². The summed E-state index contributed by atoms with van der Waals surface area (Å²) in [6.45, 7) is 2.85. The van der Waals surface area contributed by atoms with E-state index in [0.29, 0.717) is 6.42 Å². The average Bonchev–Trinajstić information content (AvgIpc) is 2.82. The molecule has 17 heavy (non-hydrogen) atoms. The first-order valence-electron chi connectivity index (χ1n) is 6.23. The van der Waals surface area contributed by atoms with Crippen molar-refractivity contribution in [1.29, 1.82) is 0 Å². The van der Waals surface area contributed by atoms with Gasteiger partial charge in [0.25, 0.3) is 0 Å². The molecule has 1 fully saturated rings. The molecule has 3 nitrogen and oxygen atoms in total. The molecular weight excluding hydrogens is 214 g/mol. The van der Waals surface area contributed by atoms with Gasteiger partial charge < -0.3 is 10.1 Å². The molecular formula is C14H19NO2. The molecule has 0 aromatic heterocycles. The van der Waals surface area contributed by atoms with Crippen molar-refractivity contribution in [3.05, 3.63) is 29.8 Å². The summed E-state index contributed by atoms with van der Waals surface area (Å²) in [5, 5.41) is 2.94. The van der Waals surface area contributed by atoms with Gasteiger partial charge in [0.15, 0.2) is 0 Å². The molecule has 0 radical (unpaired) electrons. The van der Waals surface area contributed by atoms with Crippen LogP contribution in [0.5, 0.6) is 0 Å². The number of hydrogen-bond acceptors (Lipinski definition) is 2. The summed E-state index contributed by atoms with van der Waals surface area (Å²) in [7, 11) is 0. The van der Waals surface area contributed by atoms with Gasteiger partial charge in [-0.2, -0.15) is 0 Å². The summed E-state index contributed by atoms with van der Waals surface area (Å²) < 4.78 is 5.50. The Labute approximate surface area is 102 Å². The van der Waals surface area contributed by atoms with Crippen LogP contribution < -0.4 is 5.32 Å². The van der Waals surface area contributed by atoms with Crippen LogP contribution >= 0.6 is 0 Å². The van der Waals surface area contributed by atoms with Crippen molar-refractivity contribution in [2.45, 2.75) is 38.7 Å². The molecule has 1 amide bonds. The number of aryl methyl sites for hydroxylation is 1. The van der Waals surface area contributed by atoms with Crippen molar-refractivity contribution in [1.82, 2.24) is 0 Å². The van der Waals surface area contributed by atoms with Crippen LogP contribution in [-0.4, -0.2) is 18.6 Å². The highest BCUT2D eigenvalue weighted by Crippen LogP contribution is 2.18. The quantitative estimate of drug-likeness (QED) is 0.868. The van der Waals surface area contributed by atoms with Crippen molar-refractivity contribution < 1.29 is 9.53 Å². The Balaban J connectivity index is 1.79. The van der Waals surface area contributed by atoms with E-state index in [1.165, 1.54) is 0 Å². The first-order valence-corrected chi connectivity index (χ1v) is 6.23. The maximum atomic E-state index is 11.8. The summed E-state index contributed by atoms with van der Waals surface area (Å²) in [6.07, 6.45) is 3.89. The number of rotatable bonds is 4. The lowest BCUT2D eigenvalue weighted by molar-refractivity contribution is -0.116. The molecule has 0 bridgehead atoms. The minimum absolute atomic E-state index is 0.0785. The highest BCUT2D eigenvalue weighted by atomic mass is 16.5. The fourth-order valence-corrected chi connectivity index (χ4v) is 2.09. The first-order chi connectivity index (χ1) is 8.25. The topological polar surface area (TPSA) is 38.3 Å². The minimum atomic E-state index is 0.0785. The predicted octanol–water partition coefficient (Wildman–Crippen LogP) is 2.89. The second-order valence-corrected chi connectivity index (χ2v) is 4.54. The van der Waals surface area contributed by atoms with Gasteiger partial charge in [0.2, 0.25) is 5.91 Å². The number of ether oxygens (including phenoxy) is 1. The van der Waals surface area contributed by atoms with Crippen LogP contribution in [0.4, 0.5) is 5.69 Å². The number of carbonyl (C=O) groups is 1. The Morgan fingerprint density at radius 1 is 1.47 bits per heavy atom. The molecule has 1 aliphatic rings. The van der Waals surface area contributed by atoms with Gasteiger partial charge in [0.05, 0.1) is 6.10 Å². The summed E-state index contributed by atoms with van der Waals surface area (Å²) >= 11 is 0. The molecule has 0 aliphatic carbocycles. The molecule has 3 heteroatoms. The second-order valence-electron chi connectivity index (χ2n) is 4.54. The van der Waals surface area contributed by atoms with Crippen LogP contribution in [0, 0.1) is 6.92 Å². The normalized spacial score (nSPS) is 19.2. The van der Waals surface area contributed by atoms with Gasteiger partial charge in [-0.1, -0.05) is 18.2 Å². The molecule has 0 saturated carbocycles. The molecule has 1 aliphatic heterocycles. The Morgan fingerprint density at radius 3 is 3.00 bits per heavy atom. The number of nitrogens with one attached hydrogen (secondary N) is 1. The number of amides is 1. The average molecular weight is 233 g/mol. The van der Waals surface area contributed by atoms with Crippen LogP contribution in [0.1, 0.15) is 31.2 Å². The molecule has 2 rings (SSSR count). The Bertz CT molecular complexity index is 384. The number of benzene rings is 1. The van der Waals surface area contributed by atoms with Crippen molar-refractivity contribution in [2.75, 3.05) is 11.9 Å². The largest absolute Gasteiger partial charge is 0.378 e. The lowest BCUT2D eigenvalue weighted by Gasteiger charge is -2.10. The fourth-order valence-electron chi connectivity index (χ4n) is 2.09. The van der Waals surface area contributed by atoms with Crippen LogP contribution in [-0.2, 0) is 9.53 Å². The van der Waals surface area contributed by atoms with Gasteiger partial charge in [-0.15, -0.1) is 0 Å². The highest BCUT2D eigenvalue weighted by Gasteiger charge is 2.16. The Morgan fingerprint density at radius 2 is 2.29 bits per heavy atom. The van der Waals surface area contributed by atoms with Crippen LogP contribution in [0.3, 0.4) is 0 Å².